The number of morpholine rings is 1. The normalized spacial score (nSPS) is 18.4. The van der Waals surface area contributed by atoms with E-state index >= 15 is 0 Å². The first kappa shape index (κ1) is 20.6. The molecule has 2 atom stereocenters. The van der Waals surface area contributed by atoms with E-state index in [1.54, 1.807) is 19.2 Å². The smallest absolute Gasteiger partial charge is 0.191 e. The van der Waals surface area contributed by atoms with Gasteiger partial charge in [0.15, 0.2) is 5.96 Å². The van der Waals surface area contributed by atoms with Crippen molar-refractivity contribution in [3.05, 3.63) is 35.6 Å². The van der Waals surface area contributed by atoms with E-state index in [1.807, 2.05) is 19.9 Å². The summed E-state index contributed by atoms with van der Waals surface area (Å²) in [4.78, 5) is 7.06. The second-order valence-electron chi connectivity index (χ2n) is 6.44. The molecule has 7 heteroatoms. The van der Waals surface area contributed by atoms with Crippen LogP contribution in [0.3, 0.4) is 0 Å². The van der Waals surface area contributed by atoms with Gasteiger partial charge in [-0.2, -0.15) is 0 Å². The highest BCUT2D eigenvalue weighted by molar-refractivity contribution is 5.80. The Balaban J connectivity index is 2.15. The molecule has 0 bridgehead atoms. The summed E-state index contributed by atoms with van der Waals surface area (Å²) >= 11 is 0. The Morgan fingerprint density at radius 3 is 2.81 bits per heavy atom. The molecule has 26 heavy (non-hydrogen) atoms. The fraction of sp³-hybridized carbons (Fsp3) is 0.632. The van der Waals surface area contributed by atoms with Crippen molar-refractivity contribution < 1.29 is 13.9 Å². The summed E-state index contributed by atoms with van der Waals surface area (Å²) in [5, 5.41) is 6.60. The van der Waals surface area contributed by atoms with Crippen LogP contribution in [0.5, 0.6) is 0 Å². The molecule has 1 fully saturated rings. The number of nitrogens with one attached hydrogen (secondary N) is 2. The molecule has 1 saturated heterocycles. The molecule has 1 heterocycles. The molecular formula is C19H31FN4O2. The number of benzene rings is 1. The third-order valence-electron chi connectivity index (χ3n) is 4.29. The van der Waals surface area contributed by atoms with Crippen molar-refractivity contribution >= 4 is 5.96 Å². The van der Waals surface area contributed by atoms with Gasteiger partial charge in [0.05, 0.1) is 32.4 Å². The SMILES string of the molecule is CCNC(=NCC(c1cccc(F)c1)N1CCOCC1)NC(C)COC. The van der Waals surface area contributed by atoms with Crippen molar-refractivity contribution in [2.45, 2.75) is 25.9 Å². The van der Waals surface area contributed by atoms with E-state index in [1.165, 1.54) is 6.07 Å². The molecule has 1 aromatic carbocycles. The molecule has 2 N–H and O–H groups in total. The van der Waals surface area contributed by atoms with Crippen molar-refractivity contribution in [1.82, 2.24) is 15.5 Å². The van der Waals surface area contributed by atoms with Gasteiger partial charge in [-0.25, -0.2) is 4.39 Å². The van der Waals surface area contributed by atoms with Crippen LogP contribution in [-0.4, -0.2) is 70.0 Å². The lowest BCUT2D eigenvalue weighted by Crippen LogP contribution is -2.45. The molecule has 2 unspecified atom stereocenters. The molecule has 1 aliphatic heterocycles. The molecule has 0 radical (unpaired) electrons. The predicted octanol–water partition coefficient (Wildman–Crippen LogP) is 1.79. The Labute approximate surface area is 155 Å². The second kappa shape index (κ2) is 11.1. The fourth-order valence-corrected chi connectivity index (χ4v) is 3.06. The zero-order chi connectivity index (χ0) is 18.8. The molecule has 0 spiro atoms. The molecule has 146 valence electrons. The average molecular weight is 366 g/mol. The van der Waals surface area contributed by atoms with Gasteiger partial charge in [-0.1, -0.05) is 12.1 Å². The molecule has 1 aromatic rings. The maximum Gasteiger partial charge on any atom is 0.191 e. The van der Waals surface area contributed by atoms with E-state index in [4.69, 9.17) is 14.5 Å². The lowest BCUT2D eigenvalue weighted by Gasteiger charge is -2.34. The van der Waals surface area contributed by atoms with E-state index < -0.39 is 0 Å². The number of guanidine groups is 1. The van der Waals surface area contributed by atoms with Crippen molar-refractivity contribution in [1.29, 1.82) is 0 Å². The minimum absolute atomic E-state index is 0.0165. The van der Waals surface area contributed by atoms with Crippen LogP contribution in [0, 0.1) is 5.82 Å². The van der Waals surface area contributed by atoms with Crippen LogP contribution in [0.25, 0.3) is 0 Å². The Morgan fingerprint density at radius 2 is 2.15 bits per heavy atom. The first-order valence-corrected chi connectivity index (χ1v) is 9.25. The van der Waals surface area contributed by atoms with E-state index in [0.717, 1.165) is 31.2 Å². The van der Waals surface area contributed by atoms with Crippen LogP contribution in [0.4, 0.5) is 4.39 Å². The van der Waals surface area contributed by atoms with Gasteiger partial charge in [-0.15, -0.1) is 0 Å². The van der Waals surface area contributed by atoms with Crippen LogP contribution < -0.4 is 10.6 Å². The topological polar surface area (TPSA) is 58.1 Å². The van der Waals surface area contributed by atoms with Crippen LogP contribution >= 0.6 is 0 Å². The van der Waals surface area contributed by atoms with Gasteiger partial charge in [-0.05, 0) is 31.5 Å². The largest absolute Gasteiger partial charge is 0.383 e. The molecule has 1 aliphatic rings. The van der Waals surface area contributed by atoms with E-state index in [9.17, 15) is 4.39 Å². The summed E-state index contributed by atoms with van der Waals surface area (Å²) in [6.45, 7) is 9.01. The maximum atomic E-state index is 13.8. The van der Waals surface area contributed by atoms with Crippen LogP contribution in [0.1, 0.15) is 25.5 Å². The first-order valence-electron chi connectivity index (χ1n) is 9.25. The number of rotatable bonds is 8. The molecule has 0 amide bonds. The number of hydrogen-bond acceptors (Lipinski definition) is 4. The van der Waals surface area contributed by atoms with E-state index in [0.29, 0.717) is 26.4 Å². The number of ether oxygens (including phenoxy) is 2. The van der Waals surface area contributed by atoms with Crippen LogP contribution in [0.2, 0.25) is 0 Å². The monoisotopic (exact) mass is 366 g/mol. The Morgan fingerprint density at radius 1 is 1.38 bits per heavy atom. The molecular weight excluding hydrogens is 335 g/mol. The van der Waals surface area contributed by atoms with Crippen molar-refractivity contribution in [2.75, 3.05) is 53.1 Å². The van der Waals surface area contributed by atoms with E-state index in [2.05, 4.69) is 15.5 Å². The third-order valence-corrected chi connectivity index (χ3v) is 4.29. The van der Waals surface area contributed by atoms with Gasteiger partial charge < -0.3 is 20.1 Å². The Hall–Kier alpha value is -1.70. The van der Waals surface area contributed by atoms with Crippen molar-refractivity contribution in [3.8, 4) is 0 Å². The van der Waals surface area contributed by atoms with Gasteiger partial charge in [-0.3, -0.25) is 9.89 Å². The highest BCUT2D eigenvalue weighted by Gasteiger charge is 2.23. The van der Waals surface area contributed by atoms with Crippen LogP contribution in [-0.2, 0) is 9.47 Å². The summed E-state index contributed by atoms with van der Waals surface area (Å²) in [5.41, 5.74) is 0.941. The lowest BCUT2D eigenvalue weighted by molar-refractivity contribution is 0.0179. The average Bonchev–Trinajstić information content (AvgIpc) is 2.63. The van der Waals surface area contributed by atoms with Crippen molar-refractivity contribution in [3.63, 3.8) is 0 Å². The molecule has 2 rings (SSSR count). The summed E-state index contributed by atoms with van der Waals surface area (Å²) in [7, 11) is 1.68. The lowest BCUT2D eigenvalue weighted by atomic mass is 10.0. The fourth-order valence-electron chi connectivity index (χ4n) is 3.06. The molecule has 0 saturated carbocycles. The van der Waals surface area contributed by atoms with Gasteiger partial charge >= 0.3 is 0 Å². The number of methoxy groups -OCH3 is 1. The van der Waals surface area contributed by atoms with E-state index in [-0.39, 0.29) is 17.9 Å². The molecule has 6 nitrogen and oxygen atoms in total. The Bertz CT molecular complexity index is 564. The molecule has 0 aliphatic carbocycles. The zero-order valence-electron chi connectivity index (χ0n) is 16.0. The number of aliphatic imine (C=N–C) groups is 1. The minimum atomic E-state index is -0.219. The van der Waals surface area contributed by atoms with Gasteiger partial charge in [0, 0.05) is 32.8 Å². The van der Waals surface area contributed by atoms with Crippen molar-refractivity contribution in [2.24, 2.45) is 4.99 Å². The highest BCUT2D eigenvalue weighted by atomic mass is 19.1. The summed E-state index contributed by atoms with van der Waals surface area (Å²) in [6.07, 6.45) is 0. The summed E-state index contributed by atoms with van der Waals surface area (Å²) < 4.78 is 24.4. The number of halogens is 1. The predicted molar refractivity (Wildman–Crippen MR) is 102 cm³/mol. The van der Waals surface area contributed by atoms with Gasteiger partial charge in [0.25, 0.3) is 0 Å². The summed E-state index contributed by atoms with van der Waals surface area (Å²) in [6, 6.07) is 6.96. The van der Waals surface area contributed by atoms with Gasteiger partial charge in [0.2, 0.25) is 0 Å². The zero-order valence-corrected chi connectivity index (χ0v) is 16.0. The highest BCUT2D eigenvalue weighted by Crippen LogP contribution is 2.23. The summed E-state index contributed by atoms with van der Waals surface area (Å²) in [5.74, 6) is 0.523. The van der Waals surface area contributed by atoms with Gasteiger partial charge in [0.1, 0.15) is 5.82 Å². The minimum Gasteiger partial charge on any atom is -0.383 e. The number of hydrogen-bond donors (Lipinski definition) is 2. The van der Waals surface area contributed by atoms with Crippen LogP contribution in [0.15, 0.2) is 29.3 Å². The second-order valence-corrected chi connectivity index (χ2v) is 6.44. The first-order chi connectivity index (χ1) is 12.6. The Kier molecular flexibility index (Phi) is 8.80. The quantitative estimate of drug-likeness (QED) is 0.543. The maximum absolute atomic E-state index is 13.8. The number of nitrogens with zero attached hydrogens (tertiary/aromatic N) is 2. The molecule has 0 aromatic heterocycles. The third kappa shape index (κ3) is 6.55. The standard InChI is InChI=1S/C19H31FN4O2/c1-4-21-19(23-15(2)14-25-3)22-13-18(24-8-10-26-11-9-24)16-6-5-7-17(20)12-16/h5-7,12,15,18H,4,8-11,13-14H2,1-3H3,(H2,21,22,23).